The molecule has 1 unspecified atom stereocenters. The van der Waals surface area contributed by atoms with Crippen molar-refractivity contribution in [3.63, 3.8) is 0 Å². The smallest absolute Gasteiger partial charge is 0.305 e. The second-order valence-electron chi connectivity index (χ2n) is 2.35. The van der Waals surface area contributed by atoms with E-state index < -0.39 is 0 Å². The van der Waals surface area contributed by atoms with E-state index in [1.807, 2.05) is 13.8 Å². The first-order valence-corrected chi connectivity index (χ1v) is 3.64. The molecular weight excluding hydrogens is 137 g/mol. The lowest BCUT2D eigenvalue weighted by Gasteiger charge is -2.08. The lowest BCUT2D eigenvalue weighted by atomic mass is 10.1. The van der Waals surface area contributed by atoms with E-state index >= 15 is 0 Å². The van der Waals surface area contributed by atoms with Crippen LogP contribution >= 0.6 is 8.69 Å². The molecule has 4 heteroatoms. The third-order valence-corrected chi connectivity index (χ3v) is 1.24. The number of hydrogen-bond acceptors (Lipinski definition) is 3. The van der Waals surface area contributed by atoms with Gasteiger partial charge < -0.3 is 5.73 Å². The molecule has 0 aliphatic heterocycles. The summed E-state index contributed by atoms with van der Waals surface area (Å²) in [5.41, 5.74) is 5.36. The van der Waals surface area contributed by atoms with E-state index in [-0.39, 0.29) is 14.9 Å². The van der Waals surface area contributed by atoms with Crippen molar-refractivity contribution in [1.82, 2.24) is 0 Å². The highest BCUT2D eigenvalue weighted by Crippen LogP contribution is 2.07. The largest absolute Gasteiger partial charge is 0.328 e. The van der Waals surface area contributed by atoms with E-state index in [0.29, 0.717) is 5.92 Å². The van der Waals surface area contributed by atoms with Crippen LogP contribution in [0.1, 0.15) is 20.3 Å². The number of rotatable bonds is 4. The lowest BCUT2D eigenvalue weighted by molar-refractivity contribution is 0.201. The van der Waals surface area contributed by atoms with Gasteiger partial charge in [0.15, 0.2) is 0 Å². The van der Waals surface area contributed by atoms with Crippen LogP contribution in [-0.4, -0.2) is 6.23 Å². The minimum Gasteiger partial charge on any atom is -0.305 e. The van der Waals surface area contributed by atoms with Gasteiger partial charge in [-0.15, -0.1) is 0 Å². The van der Waals surface area contributed by atoms with Gasteiger partial charge in [0.2, 0.25) is 0 Å². The number of hydrogen-bond donors (Lipinski definition) is 1. The topological polar surface area (TPSA) is 52.3 Å². The van der Waals surface area contributed by atoms with Gasteiger partial charge in [0.1, 0.15) is 6.23 Å². The highest BCUT2D eigenvalue weighted by atomic mass is 31.1. The van der Waals surface area contributed by atoms with Crippen molar-refractivity contribution in [1.29, 1.82) is 0 Å². The monoisotopic (exact) mass is 149 g/mol. The van der Waals surface area contributed by atoms with Gasteiger partial charge in [-0.25, -0.2) is 4.57 Å². The quantitative estimate of drug-likeness (QED) is 0.487. The average Bonchev–Trinajstić information content (AvgIpc) is 1.63. The van der Waals surface area contributed by atoms with Crippen molar-refractivity contribution in [2.75, 3.05) is 0 Å². The molecule has 9 heavy (non-hydrogen) atoms. The van der Waals surface area contributed by atoms with Crippen LogP contribution in [0.15, 0.2) is 0 Å². The molecule has 0 radical (unpaired) electrons. The molecule has 54 valence electrons. The van der Waals surface area contributed by atoms with E-state index in [0.717, 1.165) is 6.42 Å². The Morgan fingerprint density at radius 3 is 2.56 bits per heavy atom. The van der Waals surface area contributed by atoms with Crippen molar-refractivity contribution in [2.24, 2.45) is 11.7 Å². The molecule has 0 saturated carbocycles. The molecule has 0 aromatic carbocycles. The maximum Gasteiger partial charge on any atom is 0.328 e. The molecular formula is C5H12NO2P. The highest BCUT2D eigenvalue weighted by molar-refractivity contribution is 7.17. The zero-order valence-corrected chi connectivity index (χ0v) is 6.60. The molecule has 0 rings (SSSR count). The standard InChI is InChI=1S/C5H12NO2P/c1-4(2)3-5(6)8-9-7/h4-5H,3,6H2,1-2H3. The van der Waals surface area contributed by atoms with E-state index in [1.54, 1.807) is 0 Å². The summed E-state index contributed by atoms with van der Waals surface area (Å²) in [5, 5.41) is 0. The molecule has 0 amide bonds. The molecule has 0 heterocycles. The molecule has 0 spiro atoms. The van der Waals surface area contributed by atoms with Crippen molar-refractivity contribution < 1.29 is 9.09 Å². The minimum atomic E-state index is -0.385. The summed E-state index contributed by atoms with van der Waals surface area (Å²) < 4.78 is 14.3. The Morgan fingerprint density at radius 2 is 2.22 bits per heavy atom. The summed E-state index contributed by atoms with van der Waals surface area (Å²) in [6.45, 7) is 4.07. The van der Waals surface area contributed by atoms with E-state index in [9.17, 15) is 4.57 Å². The fraction of sp³-hybridized carbons (Fsp3) is 1.00. The Balaban J connectivity index is 3.25. The van der Waals surface area contributed by atoms with Gasteiger partial charge in [0.05, 0.1) is 0 Å². The summed E-state index contributed by atoms with van der Waals surface area (Å²) in [6, 6.07) is 0. The first kappa shape index (κ1) is 9.02. The van der Waals surface area contributed by atoms with Crippen LogP contribution in [0.2, 0.25) is 0 Å². The normalized spacial score (nSPS) is 14.7. The van der Waals surface area contributed by atoms with E-state index in [4.69, 9.17) is 5.73 Å². The van der Waals surface area contributed by atoms with Crippen LogP contribution in [0.3, 0.4) is 0 Å². The number of nitrogens with two attached hydrogens (primary N) is 1. The van der Waals surface area contributed by atoms with Crippen molar-refractivity contribution in [3.8, 4) is 0 Å². The SMILES string of the molecule is CC(C)CC(N)OP=O. The van der Waals surface area contributed by atoms with Crippen LogP contribution in [0.4, 0.5) is 0 Å². The molecule has 3 nitrogen and oxygen atoms in total. The van der Waals surface area contributed by atoms with Crippen LogP contribution in [-0.2, 0) is 9.09 Å². The summed E-state index contributed by atoms with van der Waals surface area (Å²) >= 11 is 0. The van der Waals surface area contributed by atoms with Crippen LogP contribution in [0, 0.1) is 5.92 Å². The fourth-order valence-electron chi connectivity index (χ4n) is 0.563. The Kier molecular flexibility index (Phi) is 4.87. The summed E-state index contributed by atoms with van der Waals surface area (Å²) in [7, 11) is -0.330. The summed E-state index contributed by atoms with van der Waals surface area (Å²) in [4.78, 5) is 0. The Hall–Kier alpha value is 0.0200. The van der Waals surface area contributed by atoms with Gasteiger partial charge in [0.25, 0.3) is 0 Å². The van der Waals surface area contributed by atoms with Crippen LogP contribution in [0.25, 0.3) is 0 Å². The maximum absolute atomic E-state index is 9.79. The van der Waals surface area contributed by atoms with E-state index in [1.165, 1.54) is 0 Å². The average molecular weight is 149 g/mol. The van der Waals surface area contributed by atoms with Gasteiger partial charge in [-0.2, -0.15) is 0 Å². The van der Waals surface area contributed by atoms with Crippen LogP contribution < -0.4 is 5.73 Å². The third kappa shape index (κ3) is 5.90. The third-order valence-electron chi connectivity index (χ3n) is 0.882. The Morgan fingerprint density at radius 1 is 1.67 bits per heavy atom. The molecule has 1 atom stereocenters. The Labute approximate surface area is 56.9 Å². The molecule has 0 saturated heterocycles. The van der Waals surface area contributed by atoms with Crippen molar-refractivity contribution >= 4 is 8.69 Å². The molecule has 2 N–H and O–H groups in total. The molecule has 0 aromatic rings. The van der Waals surface area contributed by atoms with Crippen molar-refractivity contribution in [2.45, 2.75) is 26.5 Å². The maximum atomic E-state index is 9.79. The zero-order chi connectivity index (χ0) is 7.28. The first-order chi connectivity index (χ1) is 4.16. The predicted molar refractivity (Wildman–Crippen MR) is 36.1 cm³/mol. The van der Waals surface area contributed by atoms with E-state index in [2.05, 4.69) is 4.52 Å². The summed E-state index contributed by atoms with van der Waals surface area (Å²) in [6.07, 6.45) is 0.360. The van der Waals surface area contributed by atoms with Crippen molar-refractivity contribution in [3.05, 3.63) is 0 Å². The van der Waals surface area contributed by atoms with Gasteiger partial charge in [-0.05, 0) is 12.3 Å². The Bertz CT molecular complexity index is 87.0. The van der Waals surface area contributed by atoms with Gasteiger partial charge in [0, 0.05) is 0 Å². The molecule has 0 fully saturated rings. The second-order valence-corrected chi connectivity index (χ2v) is 2.71. The van der Waals surface area contributed by atoms with Gasteiger partial charge in [-0.3, -0.25) is 4.52 Å². The zero-order valence-electron chi connectivity index (χ0n) is 5.70. The lowest BCUT2D eigenvalue weighted by Crippen LogP contribution is -2.21. The molecule has 0 aromatic heterocycles. The first-order valence-electron chi connectivity index (χ1n) is 2.91. The van der Waals surface area contributed by atoms with Gasteiger partial charge in [-0.1, -0.05) is 13.8 Å². The fourth-order valence-corrected chi connectivity index (χ4v) is 0.760. The highest BCUT2D eigenvalue weighted by Gasteiger charge is 2.04. The molecule has 0 aliphatic rings. The molecule has 0 aliphatic carbocycles. The van der Waals surface area contributed by atoms with Crippen LogP contribution in [0.5, 0.6) is 0 Å². The minimum absolute atomic E-state index is 0.330. The predicted octanol–water partition coefficient (Wildman–Crippen LogP) is 1.54. The van der Waals surface area contributed by atoms with Gasteiger partial charge >= 0.3 is 8.69 Å². The summed E-state index contributed by atoms with van der Waals surface area (Å²) in [5.74, 6) is 0.488. The second kappa shape index (κ2) is 4.86. The molecule has 0 bridgehead atoms.